The molecular weight excluding hydrogens is 496 g/mol. The van der Waals surface area contributed by atoms with Crippen LogP contribution in [-0.4, -0.2) is 41.6 Å². The van der Waals surface area contributed by atoms with Crippen LogP contribution in [0.25, 0.3) is 10.9 Å². The number of sulfonamides is 1. The van der Waals surface area contributed by atoms with E-state index < -0.39 is 10.0 Å². The van der Waals surface area contributed by atoms with Gasteiger partial charge in [-0.1, -0.05) is 42.1 Å². The zero-order chi connectivity index (χ0) is 25.5. The Morgan fingerprint density at radius 3 is 2.44 bits per heavy atom. The topological polar surface area (TPSA) is 118 Å². The van der Waals surface area contributed by atoms with Gasteiger partial charge >= 0.3 is 0 Å². The van der Waals surface area contributed by atoms with Crippen LogP contribution < -0.4 is 10.0 Å². The van der Waals surface area contributed by atoms with Gasteiger partial charge in [0.05, 0.1) is 16.2 Å². The number of benzene rings is 2. The summed E-state index contributed by atoms with van der Waals surface area (Å²) in [5.74, 6) is 0.556. The fraction of sp³-hybridized carbons (Fsp3) is 0.154. The van der Waals surface area contributed by atoms with Gasteiger partial charge in [0.1, 0.15) is 11.6 Å². The molecule has 36 heavy (non-hydrogen) atoms. The minimum atomic E-state index is -3.90. The van der Waals surface area contributed by atoms with Crippen LogP contribution in [0.15, 0.2) is 83.9 Å². The van der Waals surface area contributed by atoms with Crippen molar-refractivity contribution in [1.82, 2.24) is 9.97 Å². The molecule has 0 amide bonds. The predicted molar refractivity (Wildman–Crippen MR) is 143 cm³/mol. The summed E-state index contributed by atoms with van der Waals surface area (Å²) in [4.78, 5) is 31.8. The van der Waals surface area contributed by atoms with Crippen molar-refractivity contribution in [3.63, 3.8) is 0 Å². The predicted octanol–water partition coefficient (Wildman–Crippen LogP) is 4.55. The minimum Gasteiger partial charge on any atom is -0.370 e. The van der Waals surface area contributed by atoms with Gasteiger partial charge in [-0.2, -0.15) is 0 Å². The van der Waals surface area contributed by atoms with Crippen molar-refractivity contribution in [2.75, 3.05) is 22.3 Å². The van der Waals surface area contributed by atoms with Crippen LogP contribution in [0.1, 0.15) is 22.8 Å². The highest BCUT2D eigenvalue weighted by Crippen LogP contribution is 2.22. The lowest BCUT2D eigenvalue weighted by Crippen LogP contribution is -2.14. The monoisotopic (exact) mass is 520 g/mol. The smallest absolute Gasteiger partial charge is 0.263 e. The van der Waals surface area contributed by atoms with E-state index >= 15 is 0 Å². The van der Waals surface area contributed by atoms with E-state index in [9.17, 15) is 18.0 Å². The van der Waals surface area contributed by atoms with Gasteiger partial charge in [-0.05, 0) is 54.4 Å². The first-order valence-corrected chi connectivity index (χ1v) is 13.6. The lowest BCUT2D eigenvalue weighted by Gasteiger charge is -2.10. The molecule has 2 heterocycles. The molecule has 0 bridgehead atoms. The van der Waals surface area contributed by atoms with E-state index in [1.807, 2.05) is 30.3 Å². The second-order valence-corrected chi connectivity index (χ2v) is 10.8. The maximum Gasteiger partial charge on any atom is 0.263 e. The molecule has 0 saturated heterocycles. The van der Waals surface area contributed by atoms with Crippen LogP contribution in [0.4, 0.5) is 11.6 Å². The summed E-state index contributed by atoms with van der Waals surface area (Å²) in [6, 6.07) is 21.4. The second-order valence-electron chi connectivity index (χ2n) is 7.95. The van der Waals surface area contributed by atoms with E-state index in [0.29, 0.717) is 22.3 Å². The number of nitrogens with one attached hydrogen (secondary N) is 2. The molecule has 0 fully saturated rings. The molecule has 0 aliphatic carbocycles. The van der Waals surface area contributed by atoms with Gasteiger partial charge in [0.15, 0.2) is 10.9 Å². The van der Waals surface area contributed by atoms with Crippen LogP contribution in [0.5, 0.6) is 0 Å². The van der Waals surface area contributed by atoms with E-state index in [1.165, 1.54) is 36.9 Å². The standard InChI is InChI=1S/C26H24N4O4S2/c1-18(31)35-17-24(32)21-8-12-26(28-16-21)30-36(33,34)22-9-10-23-20(15-22)7-11-25(29-23)27-14-13-19-5-3-2-4-6-19/h2-12,15-16H,13-14,17H2,1H3,(H,27,29)(H,28,30). The first kappa shape index (κ1) is 25.3. The average Bonchev–Trinajstić information content (AvgIpc) is 2.87. The zero-order valence-electron chi connectivity index (χ0n) is 19.5. The van der Waals surface area contributed by atoms with E-state index in [-0.39, 0.29) is 27.4 Å². The Bertz CT molecular complexity index is 1490. The van der Waals surface area contributed by atoms with Crippen molar-refractivity contribution in [2.45, 2.75) is 18.2 Å². The summed E-state index contributed by atoms with van der Waals surface area (Å²) in [6.07, 6.45) is 2.15. The van der Waals surface area contributed by atoms with Crippen molar-refractivity contribution in [3.8, 4) is 0 Å². The number of hydrogen-bond acceptors (Lipinski definition) is 8. The maximum absolute atomic E-state index is 12.9. The molecule has 0 saturated carbocycles. The molecule has 184 valence electrons. The van der Waals surface area contributed by atoms with Gasteiger partial charge in [0.2, 0.25) is 0 Å². The SMILES string of the molecule is CC(=O)SCC(=O)c1ccc(NS(=O)(=O)c2ccc3nc(NCCc4ccccc4)ccc3c2)nc1. The van der Waals surface area contributed by atoms with Gasteiger partial charge in [-0.15, -0.1) is 0 Å². The van der Waals surface area contributed by atoms with Gasteiger partial charge in [-0.3, -0.25) is 14.3 Å². The Balaban J connectivity index is 1.41. The maximum atomic E-state index is 12.9. The number of carbonyl (C=O) groups excluding carboxylic acids is 2. The summed E-state index contributed by atoms with van der Waals surface area (Å²) in [5, 5.41) is 3.83. The molecule has 2 aromatic carbocycles. The Hall–Kier alpha value is -3.76. The molecule has 4 aromatic rings. The van der Waals surface area contributed by atoms with Crippen LogP contribution in [0.2, 0.25) is 0 Å². The molecule has 2 aromatic heterocycles. The molecule has 0 atom stereocenters. The Kier molecular flexibility index (Phi) is 7.97. The lowest BCUT2D eigenvalue weighted by molar-refractivity contribution is -0.109. The molecule has 0 unspecified atom stereocenters. The average molecular weight is 521 g/mol. The molecule has 10 heteroatoms. The van der Waals surface area contributed by atoms with Crippen LogP contribution >= 0.6 is 11.8 Å². The molecule has 2 N–H and O–H groups in total. The molecule has 0 aliphatic rings. The summed E-state index contributed by atoms with van der Waals surface area (Å²) in [7, 11) is -3.90. The number of nitrogens with zero attached hydrogens (tertiary/aromatic N) is 2. The number of anilines is 2. The molecule has 0 radical (unpaired) electrons. The molecule has 8 nitrogen and oxygen atoms in total. The Morgan fingerprint density at radius 2 is 1.72 bits per heavy atom. The van der Waals surface area contributed by atoms with Gasteiger partial charge in [-0.25, -0.2) is 18.4 Å². The second kappa shape index (κ2) is 11.3. The number of carbonyl (C=O) groups is 2. The number of fused-ring (bicyclic) bond motifs is 1. The van der Waals surface area contributed by atoms with Crippen molar-refractivity contribution in [1.29, 1.82) is 0 Å². The number of thioether (sulfide) groups is 1. The van der Waals surface area contributed by atoms with Crippen LogP contribution in [0, 0.1) is 0 Å². The van der Waals surface area contributed by atoms with E-state index in [1.54, 1.807) is 12.1 Å². The fourth-order valence-corrected chi connectivity index (χ4v) is 4.96. The molecule has 4 rings (SSSR count). The van der Waals surface area contributed by atoms with Crippen molar-refractivity contribution in [2.24, 2.45) is 0 Å². The van der Waals surface area contributed by atoms with E-state index in [0.717, 1.165) is 24.7 Å². The van der Waals surface area contributed by atoms with Crippen LogP contribution in [0.3, 0.4) is 0 Å². The first-order valence-electron chi connectivity index (χ1n) is 11.1. The fourth-order valence-electron chi connectivity index (χ4n) is 3.42. The number of pyridine rings is 2. The van der Waals surface area contributed by atoms with E-state index in [2.05, 4.69) is 32.1 Å². The molecular formula is C26H24N4O4S2. The molecule has 0 aliphatic heterocycles. The Labute approximate surface area is 213 Å². The zero-order valence-corrected chi connectivity index (χ0v) is 21.1. The van der Waals surface area contributed by atoms with Crippen LogP contribution in [-0.2, 0) is 21.2 Å². The van der Waals surface area contributed by atoms with Crippen molar-refractivity contribution >= 4 is 55.2 Å². The number of aromatic nitrogens is 2. The third-order valence-electron chi connectivity index (χ3n) is 5.26. The van der Waals surface area contributed by atoms with Gasteiger partial charge in [0.25, 0.3) is 10.0 Å². The van der Waals surface area contributed by atoms with Gasteiger partial charge in [0, 0.05) is 30.6 Å². The third-order valence-corrected chi connectivity index (χ3v) is 7.43. The minimum absolute atomic E-state index is 0.0114. The highest BCUT2D eigenvalue weighted by atomic mass is 32.2. The van der Waals surface area contributed by atoms with E-state index in [4.69, 9.17) is 0 Å². The number of ketones is 1. The highest BCUT2D eigenvalue weighted by Gasteiger charge is 2.16. The highest BCUT2D eigenvalue weighted by molar-refractivity contribution is 8.14. The third kappa shape index (κ3) is 6.67. The quantitative estimate of drug-likeness (QED) is 0.293. The first-order chi connectivity index (χ1) is 17.3. The van der Waals surface area contributed by atoms with Crippen molar-refractivity contribution < 1.29 is 18.0 Å². The molecule has 0 spiro atoms. The number of rotatable bonds is 10. The lowest BCUT2D eigenvalue weighted by atomic mass is 10.1. The van der Waals surface area contributed by atoms with Crippen molar-refractivity contribution in [3.05, 3.63) is 90.1 Å². The summed E-state index contributed by atoms with van der Waals surface area (Å²) < 4.78 is 28.2. The summed E-state index contributed by atoms with van der Waals surface area (Å²) >= 11 is 0.913. The Morgan fingerprint density at radius 1 is 0.944 bits per heavy atom. The largest absolute Gasteiger partial charge is 0.370 e. The number of Topliss-reactive ketones (excluding diaryl/α,β-unsaturated/α-hetero) is 1. The number of hydrogen-bond donors (Lipinski definition) is 2. The normalized spacial score (nSPS) is 11.2. The van der Waals surface area contributed by atoms with Gasteiger partial charge < -0.3 is 5.32 Å². The summed E-state index contributed by atoms with van der Waals surface area (Å²) in [5.41, 5.74) is 2.20. The summed E-state index contributed by atoms with van der Waals surface area (Å²) in [6.45, 7) is 2.12.